The number of carbonyl (C=O) groups excluding carboxylic acids is 1. The fourth-order valence-corrected chi connectivity index (χ4v) is 3.16. The quantitative estimate of drug-likeness (QED) is 0.530. The van der Waals surface area contributed by atoms with Crippen molar-refractivity contribution in [3.8, 4) is 0 Å². The third-order valence-electron chi connectivity index (χ3n) is 4.11. The highest BCUT2D eigenvalue weighted by Crippen LogP contribution is 2.20. The summed E-state index contributed by atoms with van der Waals surface area (Å²) in [6.07, 6.45) is 2.87. The number of halogens is 2. The van der Waals surface area contributed by atoms with Crippen LogP contribution in [0, 0.1) is 0 Å². The van der Waals surface area contributed by atoms with E-state index in [1.165, 1.54) is 0 Å². The number of imidazole rings is 1. The molecule has 0 saturated heterocycles. The van der Waals surface area contributed by atoms with E-state index in [-0.39, 0.29) is 36.8 Å². The summed E-state index contributed by atoms with van der Waals surface area (Å²) in [6.45, 7) is 0.469. The van der Waals surface area contributed by atoms with Gasteiger partial charge < -0.3 is 16.0 Å². The van der Waals surface area contributed by atoms with Crippen molar-refractivity contribution in [2.45, 2.75) is 19.0 Å². The van der Waals surface area contributed by atoms with E-state index in [1.54, 1.807) is 11.8 Å². The van der Waals surface area contributed by atoms with E-state index in [9.17, 15) is 4.79 Å². The summed E-state index contributed by atoms with van der Waals surface area (Å²) in [5.41, 5.74) is 9.13. The van der Waals surface area contributed by atoms with E-state index in [2.05, 4.69) is 21.5 Å². The van der Waals surface area contributed by atoms with Gasteiger partial charge in [-0.3, -0.25) is 4.79 Å². The van der Waals surface area contributed by atoms with E-state index in [1.807, 2.05) is 48.5 Å². The highest BCUT2D eigenvalue weighted by atomic mass is 35.5. The molecule has 0 aliphatic heterocycles. The standard InChI is InChI=1S/C19H22N4OS.2ClH/c1-25-11-10-17(18-21-15-4-2-3-5-16(15)22-18)23-19(24)14-8-6-13(12-20)7-9-14;;/h2-9,17H,10-12,20H2,1H3,(H,21,22)(H,23,24);2*1H. The summed E-state index contributed by atoms with van der Waals surface area (Å²) < 4.78 is 0. The van der Waals surface area contributed by atoms with E-state index in [0.717, 1.165) is 34.6 Å². The van der Waals surface area contributed by atoms with Crippen molar-refractivity contribution in [2.24, 2.45) is 5.73 Å². The second kappa shape index (κ2) is 11.2. The van der Waals surface area contributed by atoms with Crippen LogP contribution in [0.4, 0.5) is 0 Å². The molecule has 5 nitrogen and oxygen atoms in total. The third-order valence-corrected chi connectivity index (χ3v) is 4.75. The van der Waals surface area contributed by atoms with Gasteiger partial charge in [-0.1, -0.05) is 24.3 Å². The van der Waals surface area contributed by atoms with Gasteiger partial charge in [-0.2, -0.15) is 11.8 Å². The van der Waals surface area contributed by atoms with Crippen molar-refractivity contribution in [3.63, 3.8) is 0 Å². The number of fused-ring (bicyclic) bond motifs is 1. The lowest BCUT2D eigenvalue weighted by molar-refractivity contribution is 0.0934. The number of nitrogens with zero attached hydrogens (tertiary/aromatic N) is 1. The van der Waals surface area contributed by atoms with Crippen molar-refractivity contribution >= 4 is 53.5 Å². The summed E-state index contributed by atoms with van der Waals surface area (Å²) >= 11 is 1.75. The van der Waals surface area contributed by atoms with Crippen molar-refractivity contribution in [2.75, 3.05) is 12.0 Å². The minimum Gasteiger partial charge on any atom is -0.342 e. The van der Waals surface area contributed by atoms with Crippen LogP contribution in [0.3, 0.4) is 0 Å². The molecule has 2 aromatic carbocycles. The second-order valence-corrected chi connectivity index (χ2v) is 6.83. The maximum atomic E-state index is 12.6. The summed E-state index contributed by atoms with van der Waals surface area (Å²) in [6, 6.07) is 15.1. The number of thioether (sulfide) groups is 1. The average Bonchev–Trinajstić information content (AvgIpc) is 3.09. The van der Waals surface area contributed by atoms with Crippen LogP contribution >= 0.6 is 36.6 Å². The molecule has 0 aliphatic carbocycles. The Balaban J connectivity index is 0.00000182. The zero-order chi connectivity index (χ0) is 17.6. The van der Waals surface area contributed by atoms with Gasteiger partial charge in [0.25, 0.3) is 5.91 Å². The molecule has 1 amide bonds. The van der Waals surface area contributed by atoms with Gasteiger partial charge in [0.15, 0.2) is 0 Å². The number of hydrogen-bond acceptors (Lipinski definition) is 4. The molecule has 27 heavy (non-hydrogen) atoms. The molecule has 3 rings (SSSR count). The zero-order valence-electron chi connectivity index (χ0n) is 15.0. The second-order valence-electron chi connectivity index (χ2n) is 5.85. The normalized spacial score (nSPS) is 11.3. The highest BCUT2D eigenvalue weighted by molar-refractivity contribution is 7.98. The van der Waals surface area contributed by atoms with Gasteiger partial charge >= 0.3 is 0 Å². The molecule has 0 aliphatic rings. The minimum absolute atomic E-state index is 0. The predicted octanol–water partition coefficient (Wildman–Crippen LogP) is 4.09. The molecule has 0 bridgehead atoms. The lowest BCUT2D eigenvalue weighted by atomic mass is 10.1. The lowest BCUT2D eigenvalue weighted by Crippen LogP contribution is -2.29. The number of nitrogens with two attached hydrogens (primary N) is 1. The Bertz CT molecular complexity index is 821. The number of H-pyrrole nitrogens is 1. The Morgan fingerprint density at radius 2 is 1.89 bits per heavy atom. The molecule has 0 spiro atoms. The number of benzene rings is 2. The monoisotopic (exact) mass is 426 g/mol. The number of aromatic amines is 1. The van der Waals surface area contributed by atoms with Gasteiger partial charge in [0.2, 0.25) is 0 Å². The van der Waals surface area contributed by atoms with Crippen LogP contribution in [0.1, 0.15) is 34.2 Å². The number of para-hydroxylation sites is 2. The molecule has 0 saturated carbocycles. The number of amides is 1. The van der Waals surface area contributed by atoms with E-state index in [4.69, 9.17) is 5.73 Å². The molecule has 4 N–H and O–H groups in total. The summed E-state index contributed by atoms with van der Waals surface area (Å²) in [7, 11) is 0. The van der Waals surface area contributed by atoms with Crippen molar-refractivity contribution < 1.29 is 4.79 Å². The molecule has 1 heterocycles. The van der Waals surface area contributed by atoms with E-state index in [0.29, 0.717) is 12.1 Å². The smallest absolute Gasteiger partial charge is 0.251 e. The number of carbonyl (C=O) groups is 1. The maximum Gasteiger partial charge on any atom is 0.251 e. The fraction of sp³-hybridized carbons (Fsp3) is 0.263. The highest BCUT2D eigenvalue weighted by Gasteiger charge is 2.19. The Morgan fingerprint density at radius 3 is 2.52 bits per heavy atom. The van der Waals surface area contributed by atoms with Gasteiger partial charge in [0.05, 0.1) is 17.1 Å². The average molecular weight is 427 g/mol. The molecule has 1 aromatic heterocycles. The molecule has 146 valence electrons. The third kappa shape index (κ3) is 5.87. The first-order valence-electron chi connectivity index (χ1n) is 8.24. The molecular weight excluding hydrogens is 403 g/mol. The Morgan fingerprint density at radius 1 is 1.19 bits per heavy atom. The molecule has 0 fully saturated rings. The Hall–Kier alpha value is -1.73. The van der Waals surface area contributed by atoms with Crippen LogP contribution < -0.4 is 11.1 Å². The Kier molecular flexibility index (Phi) is 9.66. The van der Waals surface area contributed by atoms with E-state index >= 15 is 0 Å². The molecule has 0 radical (unpaired) electrons. The lowest BCUT2D eigenvalue weighted by Gasteiger charge is -2.16. The predicted molar refractivity (Wildman–Crippen MR) is 118 cm³/mol. The van der Waals surface area contributed by atoms with Crippen molar-refractivity contribution in [1.29, 1.82) is 0 Å². The fourth-order valence-electron chi connectivity index (χ4n) is 2.68. The SMILES string of the molecule is CSCCC(NC(=O)c1ccc(CN)cc1)c1nc2ccccc2[nH]1.Cl.Cl. The summed E-state index contributed by atoms with van der Waals surface area (Å²) in [5.74, 6) is 1.63. The van der Waals surface area contributed by atoms with Gasteiger partial charge in [-0.25, -0.2) is 4.98 Å². The molecule has 8 heteroatoms. The topological polar surface area (TPSA) is 83.8 Å². The number of rotatable bonds is 7. The summed E-state index contributed by atoms with van der Waals surface area (Å²) in [5, 5.41) is 3.11. The Labute approximate surface area is 175 Å². The van der Waals surface area contributed by atoms with E-state index < -0.39 is 0 Å². The van der Waals surface area contributed by atoms with Crippen molar-refractivity contribution in [1.82, 2.24) is 15.3 Å². The summed E-state index contributed by atoms with van der Waals surface area (Å²) in [4.78, 5) is 20.6. The molecule has 3 aromatic rings. The number of nitrogens with one attached hydrogen (secondary N) is 2. The van der Waals surface area contributed by atoms with Crippen LogP contribution in [0.15, 0.2) is 48.5 Å². The molecular formula is C19H24Cl2N4OS. The van der Waals surface area contributed by atoms with Crippen LogP contribution in [0.5, 0.6) is 0 Å². The molecule has 1 unspecified atom stereocenters. The number of aromatic nitrogens is 2. The van der Waals surface area contributed by atoms with Crippen LogP contribution in [0.25, 0.3) is 11.0 Å². The minimum atomic E-state index is -0.151. The van der Waals surface area contributed by atoms with Crippen molar-refractivity contribution in [3.05, 3.63) is 65.5 Å². The first-order chi connectivity index (χ1) is 12.2. The first-order valence-corrected chi connectivity index (χ1v) is 9.64. The van der Waals surface area contributed by atoms with Gasteiger partial charge in [-0.05, 0) is 48.3 Å². The van der Waals surface area contributed by atoms with Crippen LogP contribution in [-0.2, 0) is 6.54 Å². The molecule has 1 atom stereocenters. The maximum absolute atomic E-state index is 12.6. The van der Waals surface area contributed by atoms with Gasteiger partial charge in [0.1, 0.15) is 5.82 Å². The van der Waals surface area contributed by atoms with Gasteiger partial charge in [0, 0.05) is 12.1 Å². The van der Waals surface area contributed by atoms with Crippen LogP contribution in [0.2, 0.25) is 0 Å². The number of hydrogen-bond donors (Lipinski definition) is 3. The first kappa shape index (κ1) is 23.3. The largest absolute Gasteiger partial charge is 0.342 e. The van der Waals surface area contributed by atoms with Gasteiger partial charge in [-0.15, -0.1) is 24.8 Å². The van der Waals surface area contributed by atoms with Crippen LogP contribution in [-0.4, -0.2) is 27.9 Å². The zero-order valence-corrected chi connectivity index (χ0v) is 17.4.